The number of hydrogen-bond acceptors (Lipinski definition) is 3. The lowest BCUT2D eigenvalue weighted by Gasteiger charge is -2.28. The molecule has 118 valence electrons. The molecule has 0 aliphatic heterocycles. The molecule has 1 fully saturated rings. The molecule has 1 aromatic rings. The van der Waals surface area contributed by atoms with Gasteiger partial charge in [-0.2, -0.15) is 0 Å². The maximum Gasteiger partial charge on any atom is 0.243 e. The summed E-state index contributed by atoms with van der Waals surface area (Å²) in [5, 5.41) is 0. The monoisotopic (exact) mass is 378 g/mol. The fraction of sp³-hybridized carbons (Fsp3) is 0.571. The van der Waals surface area contributed by atoms with E-state index in [2.05, 4.69) is 27.6 Å². The van der Waals surface area contributed by atoms with E-state index in [1.54, 1.807) is 0 Å². The Balaban J connectivity index is 2.15. The van der Waals surface area contributed by atoms with Crippen molar-refractivity contribution < 1.29 is 12.8 Å². The Hall–Kier alpha value is -0.660. The normalized spacial score (nSPS) is 23.2. The smallest absolute Gasteiger partial charge is 0.243 e. The highest BCUT2D eigenvalue weighted by Crippen LogP contribution is 2.30. The number of anilines is 1. The van der Waals surface area contributed by atoms with Crippen molar-refractivity contribution >= 4 is 31.6 Å². The molecule has 2 atom stereocenters. The zero-order chi connectivity index (χ0) is 15.6. The van der Waals surface area contributed by atoms with E-state index in [9.17, 15) is 12.8 Å². The minimum atomic E-state index is -3.89. The summed E-state index contributed by atoms with van der Waals surface area (Å²) < 4.78 is 41.1. The largest absolute Gasteiger partial charge is 0.399 e. The van der Waals surface area contributed by atoms with Crippen LogP contribution in [0.1, 0.15) is 32.6 Å². The highest BCUT2D eigenvalue weighted by atomic mass is 79.9. The number of halogens is 2. The topological polar surface area (TPSA) is 72.2 Å². The highest BCUT2D eigenvalue weighted by molar-refractivity contribution is 9.10. The van der Waals surface area contributed by atoms with Gasteiger partial charge in [0, 0.05) is 12.2 Å². The summed E-state index contributed by atoms with van der Waals surface area (Å²) in [7, 11) is -3.89. The molecule has 0 aromatic heterocycles. The summed E-state index contributed by atoms with van der Waals surface area (Å²) in [6.45, 7) is 2.48. The first kappa shape index (κ1) is 16.7. The minimum Gasteiger partial charge on any atom is -0.399 e. The van der Waals surface area contributed by atoms with Crippen molar-refractivity contribution in [2.24, 2.45) is 11.8 Å². The standard InChI is InChI=1S/C14H20BrFN2O2S/c1-9-4-2-3-5-10(9)8-18-21(19,20)13-7-11(17)6-12(15)14(13)16/h6-7,9-10,18H,2-5,8,17H2,1H3. The number of benzene rings is 1. The molecule has 0 bridgehead atoms. The summed E-state index contributed by atoms with van der Waals surface area (Å²) in [6.07, 6.45) is 4.44. The second-order valence-corrected chi connectivity index (χ2v) is 8.28. The first-order valence-electron chi connectivity index (χ1n) is 7.05. The van der Waals surface area contributed by atoms with Crippen molar-refractivity contribution in [3.8, 4) is 0 Å². The number of rotatable bonds is 4. The first-order valence-corrected chi connectivity index (χ1v) is 9.33. The van der Waals surface area contributed by atoms with E-state index in [0.29, 0.717) is 18.4 Å². The Kier molecular flexibility index (Phi) is 5.27. The molecular formula is C14H20BrFN2O2S. The lowest BCUT2D eigenvalue weighted by molar-refractivity contribution is 0.257. The third-order valence-electron chi connectivity index (χ3n) is 4.13. The molecule has 1 aromatic carbocycles. The van der Waals surface area contributed by atoms with Crippen molar-refractivity contribution in [1.29, 1.82) is 0 Å². The number of nitrogens with two attached hydrogens (primary N) is 1. The van der Waals surface area contributed by atoms with Crippen LogP contribution in [0.2, 0.25) is 0 Å². The molecule has 1 aliphatic carbocycles. The minimum absolute atomic E-state index is 0.0499. The number of sulfonamides is 1. The molecule has 1 saturated carbocycles. The van der Waals surface area contributed by atoms with Gasteiger partial charge in [-0.05, 0) is 46.3 Å². The van der Waals surface area contributed by atoms with E-state index < -0.39 is 20.7 Å². The SMILES string of the molecule is CC1CCCCC1CNS(=O)(=O)c1cc(N)cc(Br)c1F. The van der Waals surface area contributed by atoms with Gasteiger partial charge in [-0.3, -0.25) is 0 Å². The summed E-state index contributed by atoms with van der Waals surface area (Å²) in [5.41, 5.74) is 5.80. The van der Waals surface area contributed by atoms with Crippen LogP contribution in [0.25, 0.3) is 0 Å². The Bertz CT molecular complexity index is 622. The quantitative estimate of drug-likeness (QED) is 0.789. The van der Waals surface area contributed by atoms with Crippen molar-refractivity contribution in [2.45, 2.75) is 37.5 Å². The molecule has 0 amide bonds. The zero-order valence-electron chi connectivity index (χ0n) is 11.9. The second-order valence-electron chi connectivity index (χ2n) is 5.69. The zero-order valence-corrected chi connectivity index (χ0v) is 14.3. The molecule has 2 rings (SSSR count). The van der Waals surface area contributed by atoms with Crippen LogP contribution in [-0.4, -0.2) is 15.0 Å². The molecule has 21 heavy (non-hydrogen) atoms. The van der Waals surface area contributed by atoms with Gasteiger partial charge >= 0.3 is 0 Å². The van der Waals surface area contributed by atoms with E-state index >= 15 is 0 Å². The first-order chi connectivity index (χ1) is 9.81. The van der Waals surface area contributed by atoms with Crippen LogP contribution in [0.4, 0.5) is 10.1 Å². The van der Waals surface area contributed by atoms with E-state index in [0.717, 1.165) is 25.3 Å². The molecule has 4 nitrogen and oxygen atoms in total. The van der Waals surface area contributed by atoms with Gasteiger partial charge in [0.05, 0.1) is 4.47 Å². The average molecular weight is 379 g/mol. The number of nitrogen functional groups attached to an aromatic ring is 1. The van der Waals surface area contributed by atoms with Gasteiger partial charge in [0.1, 0.15) is 4.90 Å². The van der Waals surface area contributed by atoms with Crippen LogP contribution in [0.15, 0.2) is 21.5 Å². The van der Waals surface area contributed by atoms with Crippen LogP contribution in [0.3, 0.4) is 0 Å². The average Bonchev–Trinajstić information content (AvgIpc) is 2.42. The maximum absolute atomic E-state index is 14.0. The highest BCUT2D eigenvalue weighted by Gasteiger charge is 2.26. The van der Waals surface area contributed by atoms with Crippen LogP contribution in [0, 0.1) is 17.7 Å². The summed E-state index contributed by atoms with van der Waals surface area (Å²) in [6, 6.07) is 2.49. The Morgan fingerprint density at radius 2 is 2.05 bits per heavy atom. The molecule has 0 radical (unpaired) electrons. The number of hydrogen-bond donors (Lipinski definition) is 2. The summed E-state index contributed by atoms with van der Waals surface area (Å²) in [5.74, 6) is -0.0200. The lowest BCUT2D eigenvalue weighted by Crippen LogP contribution is -2.33. The van der Waals surface area contributed by atoms with E-state index in [-0.39, 0.29) is 10.2 Å². The Morgan fingerprint density at radius 1 is 1.38 bits per heavy atom. The van der Waals surface area contributed by atoms with E-state index in [1.807, 2.05) is 0 Å². The molecule has 3 N–H and O–H groups in total. The van der Waals surface area contributed by atoms with Crippen LogP contribution in [-0.2, 0) is 10.0 Å². The molecular weight excluding hydrogens is 359 g/mol. The summed E-state index contributed by atoms with van der Waals surface area (Å²) >= 11 is 2.98. The van der Waals surface area contributed by atoms with Gasteiger partial charge in [-0.25, -0.2) is 17.5 Å². The predicted octanol–water partition coefficient (Wildman–Crippen LogP) is 3.28. The Labute approximate surface area is 133 Å². The van der Waals surface area contributed by atoms with Gasteiger partial charge in [-0.15, -0.1) is 0 Å². The maximum atomic E-state index is 14.0. The van der Waals surface area contributed by atoms with Crippen molar-refractivity contribution in [2.75, 3.05) is 12.3 Å². The Morgan fingerprint density at radius 3 is 2.71 bits per heavy atom. The van der Waals surface area contributed by atoms with Crippen molar-refractivity contribution in [3.63, 3.8) is 0 Å². The third kappa shape index (κ3) is 3.96. The van der Waals surface area contributed by atoms with Gasteiger partial charge in [0.2, 0.25) is 10.0 Å². The second kappa shape index (κ2) is 6.62. The molecule has 7 heteroatoms. The molecule has 0 spiro atoms. The summed E-state index contributed by atoms with van der Waals surface area (Å²) in [4.78, 5) is -0.405. The van der Waals surface area contributed by atoms with Crippen LogP contribution in [0.5, 0.6) is 0 Å². The van der Waals surface area contributed by atoms with Gasteiger partial charge in [-0.1, -0.05) is 26.2 Å². The predicted molar refractivity (Wildman–Crippen MR) is 84.8 cm³/mol. The number of nitrogens with one attached hydrogen (secondary N) is 1. The fourth-order valence-corrected chi connectivity index (χ4v) is 4.61. The van der Waals surface area contributed by atoms with Gasteiger partial charge in [0.25, 0.3) is 0 Å². The van der Waals surface area contributed by atoms with Gasteiger partial charge < -0.3 is 5.73 Å². The molecule has 0 saturated heterocycles. The fourth-order valence-electron chi connectivity index (χ4n) is 2.77. The van der Waals surface area contributed by atoms with Gasteiger partial charge in [0.15, 0.2) is 5.82 Å². The van der Waals surface area contributed by atoms with E-state index in [4.69, 9.17) is 5.73 Å². The molecule has 0 heterocycles. The lowest BCUT2D eigenvalue weighted by atomic mass is 9.81. The van der Waals surface area contributed by atoms with Crippen molar-refractivity contribution in [1.82, 2.24) is 4.72 Å². The third-order valence-corrected chi connectivity index (χ3v) is 6.13. The van der Waals surface area contributed by atoms with Crippen LogP contribution < -0.4 is 10.5 Å². The van der Waals surface area contributed by atoms with Crippen molar-refractivity contribution in [3.05, 3.63) is 22.4 Å². The molecule has 2 unspecified atom stereocenters. The van der Waals surface area contributed by atoms with E-state index in [1.165, 1.54) is 12.5 Å². The molecule has 1 aliphatic rings. The van der Waals surface area contributed by atoms with Crippen LogP contribution >= 0.6 is 15.9 Å².